The second-order valence-electron chi connectivity index (χ2n) is 5.57. The Labute approximate surface area is 124 Å². The van der Waals surface area contributed by atoms with E-state index in [1.165, 1.54) is 17.0 Å². The number of aryl methyl sites for hydroxylation is 1. The molecule has 7 heteroatoms. The molecule has 0 radical (unpaired) electrons. The number of rotatable bonds is 3. The van der Waals surface area contributed by atoms with Crippen LogP contribution < -0.4 is 5.14 Å². The fraction of sp³-hybridized carbons (Fsp3) is 0.500. The van der Waals surface area contributed by atoms with Crippen LogP contribution in [0.1, 0.15) is 28.8 Å². The molecule has 1 aliphatic rings. The van der Waals surface area contributed by atoms with Gasteiger partial charge in [0.15, 0.2) is 0 Å². The smallest absolute Gasteiger partial charge is 0.256 e. The summed E-state index contributed by atoms with van der Waals surface area (Å²) in [5, 5.41) is 5.05. The van der Waals surface area contributed by atoms with Crippen LogP contribution in [0.4, 0.5) is 4.39 Å². The molecule has 2 N–H and O–H groups in total. The largest absolute Gasteiger partial charge is 0.338 e. The van der Waals surface area contributed by atoms with E-state index in [2.05, 4.69) is 0 Å². The summed E-state index contributed by atoms with van der Waals surface area (Å²) in [6, 6.07) is 4.39. The molecule has 1 saturated heterocycles. The van der Waals surface area contributed by atoms with E-state index < -0.39 is 21.7 Å². The first-order valence-corrected chi connectivity index (χ1v) is 8.54. The minimum Gasteiger partial charge on any atom is -0.338 e. The van der Waals surface area contributed by atoms with E-state index in [0.29, 0.717) is 25.9 Å². The van der Waals surface area contributed by atoms with Crippen LogP contribution in [-0.4, -0.2) is 38.1 Å². The molecule has 1 aliphatic heterocycles. The van der Waals surface area contributed by atoms with Crippen molar-refractivity contribution in [3.8, 4) is 0 Å². The molecule has 21 heavy (non-hydrogen) atoms. The highest BCUT2D eigenvalue weighted by molar-refractivity contribution is 7.89. The Bertz CT molecular complexity index is 646. The van der Waals surface area contributed by atoms with Gasteiger partial charge in [0.2, 0.25) is 10.0 Å². The van der Waals surface area contributed by atoms with Crippen molar-refractivity contribution in [3.05, 3.63) is 35.1 Å². The van der Waals surface area contributed by atoms with E-state index in [1.807, 2.05) is 0 Å². The number of piperidine rings is 1. The lowest BCUT2D eigenvalue weighted by atomic mass is 9.99. The maximum atomic E-state index is 13.8. The molecular formula is C14H19FN2O3S. The molecule has 0 unspecified atom stereocenters. The molecule has 0 bridgehead atoms. The number of sulfonamides is 1. The number of primary sulfonamides is 1. The Kier molecular flexibility index (Phi) is 4.63. The van der Waals surface area contributed by atoms with Gasteiger partial charge in [-0.3, -0.25) is 4.79 Å². The second kappa shape index (κ2) is 6.11. The number of carbonyl (C=O) groups is 1. The van der Waals surface area contributed by atoms with Crippen molar-refractivity contribution in [3.63, 3.8) is 0 Å². The molecule has 5 nitrogen and oxygen atoms in total. The normalized spacial score (nSPS) is 19.6. The van der Waals surface area contributed by atoms with E-state index in [9.17, 15) is 17.6 Å². The van der Waals surface area contributed by atoms with Gasteiger partial charge in [0.25, 0.3) is 5.91 Å². The third-order valence-electron chi connectivity index (χ3n) is 3.63. The lowest BCUT2D eigenvalue weighted by molar-refractivity contribution is 0.0679. The molecule has 1 heterocycles. The molecular weight excluding hydrogens is 295 g/mol. The van der Waals surface area contributed by atoms with Crippen LogP contribution in [0.5, 0.6) is 0 Å². The van der Waals surface area contributed by atoms with Crippen LogP contribution in [0.15, 0.2) is 18.2 Å². The standard InChI is InChI=1S/C14H19FN2O3S/c1-10-4-5-13(15)12(7-10)14(18)17-6-2-3-11(8-17)9-21(16,19)20/h4-5,7,11H,2-3,6,8-9H2,1H3,(H2,16,19,20)/t11-/m0/s1. The van der Waals surface area contributed by atoms with E-state index in [-0.39, 0.29) is 17.2 Å². The molecule has 116 valence electrons. The highest BCUT2D eigenvalue weighted by Crippen LogP contribution is 2.21. The summed E-state index contributed by atoms with van der Waals surface area (Å²) in [7, 11) is -3.56. The summed E-state index contributed by atoms with van der Waals surface area (Å²) in [5.41, 5.74) is 0.837. The number of amides is 1. The van der Waals surface area contributed by atoms with E-state index >= 15 is 0 Å². The van der Waals surface area contributed by atoms with E-state index in [4.69, 9.17) is 5.14 Å². The third-order valence-corrected chi connectivity index (χ3v) is 4.56. The molecule has 1 fully saturated rings. The molecule has 0 aliphatic carbocycles. The zero-order chi connectivity index (χ0) is 15.6. The van der Waals surface area contributed by atoms with Gasteiger partial charge < -0.3 is 4.90 Å². The van der Waals surface area contributed by atoms with Gasteiger partial charge >= 0.3 is 0 Å². The first kappa shape index (κ1) is 15.9. The van der Waals surface area contributed by atoms with Gasteiger partial charge in [-0.05, 0) is 37.8 Å². The number of hydrogen-bond acceptors (Lipinski definition) is 3. The molecule has 1 aromatic carbocycles. The number of nitrogens with zero attached hydrogens (tertiary/aromatic N) is 1. The molecule has 0 spiro atoms. The Morgan fingerprint density at radius 2 is 2.19 bits per heavy atom. The fourth-order valence-electron chi connectivity index (χ4n) is 2.69. The van der Waals surface area contributed by atoms with Gasteiger partial charge in [-0.2, -0.15) is 0 Å². The Balaban J connectivity index is 2.14. The predicted molar refractivity (Wildman–Crippen MR) is 77.7 cm³/mol. The number of halogens is 1. The molecule has 0 aromatic heterocycles. The Morgan fingerprint density at radius 1 is 1.48 bits per heavy atom. The minimum atomic E-state index is -3.56. The molecule has 1 atom stereocenters. The van der Waals surface area contributed by atoms with Crippen LogP contribution in [-0.2, 0) is 10.0 Å². The second-order valence-corrected chi connectivity index (χ2v) is 7.23. The number of benzene rings is 1. The first-order valence-electron chi connectivity index (χ1n) is 6.82. The van der Waals surface area contributed by atoms with Gasteiger partial charge in [0.1, 0.15) is 5.82 Å². The third kappa shape index (κ3) is 4.25. The summed E-state index contributed by atoms with van der Waals surface area (Å²) < 4.78 is 36.1. The summed E-state index contributed by atoms with van der Waals surface area (Å²) in [4.78, 5) is 13.9. The summed E-state index contributed by atoms with van der Waals surface area (Å²) in [5.74, 6) is -1.28. The minimum absolute atomic E-state index is 0.0336. The van der Waals surface area contributed by atoms with Crippen molar-refractivity contribution < 1.29 is 17.6 Å². The highest BCUT2D eigenvalue weighted by Gasteiger charge is 2.28. The van der Waals surface area contributed by atoms with Crippen LogP contribution in [0.3, 0.4) is 0 Å². The van der Waals surface area contributed by atoms with Crippen molar-refractivity contribution in [1.29, 1.82) is 0 Å². The van der Waals surface area contributed by atoms with Crippen LogP contribution in [0.2, 0.25) is 0 Å². The SMILES string of the molecule is Cc1ccc(F)c(C(=O)N2CCC[C@H](CS(N)(=O)=O)C2)c1. The average molecular weight is 314 g/mol. The number of hydrogen-bond donors (Lipinski definition) is 1. The van der Waals surface area contributed by atoms with Crippen molar-refractivity contribution in [1.82, 2.24) is 4.90 Å². The first-order chi connectivity index (χ1) is 9.76. The van der Waals surface area contributed by atoms with Crippen molar-refractivity contribution >= 4 is 15.9 Å². The average Bonchev–Trinajstić information content (AvgIpc) is 2.39. The summed E-state index contributed by atoms with van der Waals surface area (Å²) in [6.45, 7) is 2.59. The van der Waals surface area contributed by atoms with Crippen molar-refractivity contribution in [2.24, 2.45) is 11.1 Å². The summed E-state index contributed by atoms with van der Waals surface area (Å²) >= 11 is 0. The Morgan fingerprint density at radius 3 is 2.86 bits per heavy atom. The monoisotopic (exact) mass is 314 g/mol. The molecule has 2 rings (SSSR count). The van der Waals surface area contributed by atoms with Crippen LogP contribution in [0.25, 0.3) is 0 Å². The van der Waals surface area contributed by atoms with E-state index in [1.54, 1.807) is 13.0 Å². The quantitative estimate of drug-likeness (QED) is 0.912. The zero-order valence-corrected chi connectivity index (χ0v) is 12.7. The maximum Gasteiger partial charge on any atom is 0.256 e. The topological polar surface area (TPSA) is 80.5 Å². The van der Waals surface area contributed by atoms with Gasteiger partial charge in [-0.1, -0.05) is 11.6 Å². The van der Waals surface area contributed by atoms with Crippen LogP contribution >= 0.6 is 0 Å². The number of carbonyl (C=O) groups excluding carboxylic acids is 1. The van der Waals surface area contributed by atoms with Crippen molar-refractivity contribution in [2.45, 2.75) is 19.8 Å². The summed E-state index contributed by atoms with van der Waals surface area (Å²) in [6.07, 6.45) is 1.40. The van der Waals surface area contributed by atoms with Crippen LogP contribution in [0, 0.1) is 18.7 Å². The maximum absolute atomic E-state index is 13.8. The lowest BCUT2D eigenvalue weighted by Crippen LogP contribution is -2.42. The van der Waals surface area contributed by atoms with Gasteiger partial charge in [0.05, 0.1) is 11.3 Å². The van der Waals surface area contributed by atoms with Crippen molar-refractivity contribution in [2.75, 3.05) is 18.8 Å². The zero-order valence-electron chi connectivity index (χ0n) is 11.9. The van der Waals surface area contributed by atoms with Gasteiger partial charge in [-0.15, -0.1) is 0 Å². The highest BCUT2D eigenvalue weighted by atomic mass is 32.2. The van der Waals surface area contributed by atoms with Gasteiger partial charge in [0, 0.05) is 13.1 Å². The number of nitrogens with two attached hydrogens (primary N) is 1. The number of likely N-dealkylation sites (tertiary alicyclic amines) is 1. The molecule has 1 aromatic rings. The predicted octanol–water partition coefficient (Wildman–Crippen LogP) is 1.27. The van der Waals surface area contributed by atoms with E-state index in [0.717, 1.165) is 5.56 Å². The Hall–Kier alpha value is -1.47. The molecule has 1 amide bonds. The lowest BCUT2D eigenvalue weighted by Gasteiger charge is -2.32. The fourth-order valence-corrected chi connectivity index (χ4v) is 3.62. The van der Waals surface area contributed by atoms with Gasteiger partial charge in [-0.25, -0.2) is 17.9 Å². The molecule has 0 saturated carbocycles.